The minimum absolute atomic E-state index is 0.0346. The number of likely N-dealkylation sites (tertiary alicyclic amines) is 2. The Morgan fingerprint density at radius 3 is 1.66 bits per heavy atom. The number of nitrogens with two attached hydrogens (primary N) is 1. The Morgan fingerprint density at radius 1 is 0.724 bits per heavy atom. The van der Waals surface area contributed by atoms with Crippen LogP contribution in [0, 0.1) is 17.6 Å². The quantitative estimate of drug-likeness (QED) is 0.0590. The molecule has 4 aromatic rings. The molecule has 0 radical (unpaired) electrons. The Hall–Kier alpha value is -7.00. The monoisotopic (exact) mass is 1060 g/mol. The molecule has 4 saturated heterocycles. The van der Waals surface area contributed by atoms with Crippen LogP contribution in [0.3, 0.4) is 0 Å². The van der Waals surface area contributed by atoms with Crippen molar-refractivity contribution in [2.24, 2.45) is 11.7 Å². The number of rotatable bonds is 15. The molecule has 2 aromatic heterocycles. The Kier molecular flexibility index (Phi) is 22.2. The van der Waals surface area contributed by atoms with Gasteiger partial charge in [0.15, 0.2) is 0 Å². The average molecular weight is 1060 g/mol. The molecule has 19 nitrogen and oxygen atoms in total. The second-order valence-electron chi connectivity index (χ2n) is 21.0. The normalized spacial score (nSPS) is 20.1. The first kappa shape index (κ1) is 59.9. The van der Waals surface area contributed by atoms with Crippen molar-refractivity contribution in [3.05, 3.63) is 111 Å². The SMILES string of the molecule is C=CC=C.C=CN.CC(C)(C)OC(=O)NC(CCCCC(NC(=O)OC(C)(C)C)C(=O)N1CC[C@H]2NC[C@H](Cn3cc(-c4ccc(F)cc4)nn3)[C@H]21)C(=O)N1CC[C@H]2NCCC21.CCn1cc(-c2ccc(F)cc2)nn1. The summed E-state index contributed by atoms with van der Waals surface area (Å²) in [5, 5.41) is 29.2. The molecule has 6 N–H and O–H groups in total. The summed E-state index contributed by atoms with van der Waals surface area (Å²) in [5.74, 6) is -0.837. The number of carbonyl (C=O) groups is 4. The number of hydrogen-bond acceptors (Lipinski definition) is 13. The summed E-state index contributed by atoms with van der Waals surface area (Å²) in [7, 11) is 0. The first-order chi connectivity index (χ1) is 36.2. The molecule has 76 heavy (non-hydrogen) atoms. The average Bonchev–Trinajstić information content (AvgIpc) is 4.24. The van der Waals surface area contributed by atoms with Crippen molar-refractivity contribution >= 4 is 24.0 Å². The maximum absolute atomic E-state index is 14.4. The lowest BCUT2D eigenvalue weighted by Gasteiger charge is -2.32. The molecule has 21 heteroatoms. The molecule has 414 valence electrons. The van der Waals surface area contributed by atoms with Crippen LogP contribution >= 0.6 is 0 Å². The van der Waals surface area contributed by atoms with Crippen LogP contribution in [0.15, 0.2) is 99.0 Å². The van der Waals surface area contributed by atoms with Gasteiger partial charge >= 0.3 is 12.2 Å². The van der Waals surface area contributed by atoms with Gasteiger partial charge in [-0.25, -0.2) is 18.4 Å². The zero-order valence-corrected chi connectivity index (χ0v) is 45.2. The highest BCUT2D eigenvalue weighted by molar-refractivity contribution is 5.87. The first-order valence-electron chi connectivity index (χ1n) is 26.1. The Bertz CT molecular complexity index is 2520. The smallest absolute Gasteiger partial charge is 0.408 e. The number of aromatic nitrogens is 6. The molecule has 2 aromatic carbocycles. The number of unbranched alkanes of at least 4 members (excludes halogenated alkanes) is 1. The van der Waals surface area contributed by atoms with E-state index in [1.807, 2.05) is 29.1 Å². The summed E-state index contributed by atoms with van der Waals surface area (Å²) in [6.07, 6.45) is 11.1. The summed E-state index contributed by atoms with van der Waals surface area (Å²) in [6.45, 7) is 26.5. The van der Waals surface area contributed by atoms with Gasteiger partial charge in [-0.3, -0.25) is 19.0 Å². The van der Waals surface area contributed by atoms with E-state index in [1.165, 1.54) is 30.5 Å². The molecule has 8 rings (SSSR count). The van der Waals surface area contributed by atoms with Crippen molar-refractivity contribution < 1.29 is 37.4 Å². The molecule has 4 aliphatic heterocycles. The molecule has 0 spiro atoms. The van der Waals surface area contributed by atoms with Crippen molar-refractivity contribution in [3.63, 3.8) is 0 Å². The Morgan fingerprint density at radius 2 is 1.18 bits per heavy atom. The van der Waals surface area contributed by atoms with Crippen LogP contribution in [0.1, 0.15) is 93.4 Å². The predicted molar refractivity (Wildman–Crippen MR) is 288 cm³/mol. The molecular formula is C55H79F2N13O6. The number of halogens is 2. The van der Waals surface area contributed by atoms with Crippen LogP contribution in [-0.2, 0) is 32.2 Å². The minimum Gasteiger partial charge on any atom is -0.444 e. The van der Waals surface area contributed by atoms with Gasteiger partial charge in [0, 0.05) is 67.9 Å². The van der Waals surface area contributed by atoms with Crippen molar-refractivity contribution in [3.8, 4) is 22.5 Å². The van der Waals surface area contributed by atoms with Crippen molar-refractivity contribution in [1.29, 1.82) is 0 Å². The summed E-state index contributed by atoms with van der Waals surface area (Å²) in [6, 6.07) is 11.0. The van der Waals surface area contributed by atoms with Crippen molar-refractivity contribution in [2.75, 3.05) is 26.2 Å². The van der Waals surface area contributed by atoms with Crippen LogP contribution < -0.4 is 27.0 Å². The highest BCUT2D eigenvalue weighted by atomic mass is 19.1. The molecule has 0 bridgehead atoms. The fourth-order valence-corrected chi connectivity index (χ4v) is 9.71. The largest absolute Gasteiger partial charge is 0.444 e. The van der Waals surface area contributed by atoms with E-state index < -0.39 is 35.5 Å². The maximum atomic E-state index is 14.4. The number of allylic oxidation sites excluding steroid dienone is 2. The topological polar surface area (TPSA) is 229 Å². The van der Waals surface area contributed by atoms with Crippen LogP contribution in [-0.4, -0.2) is 137 Å². The van der Waals surface area contributed by atoms with E-state index in [0.29, 0.717) is 57.6 Å². The number of nitrogens with one attached hydrogen (secondary N) is 4. The minimum atomic E-state index is -0.858. The molecule has 0 aliphatic carbocycles. The van der Waals surface area contributed by atoms with Gasteiger partial charge in [-0.05, 0) is 142 Å². The third-order valence-corrected chi connectivity index (χ3v) is 13.0. The van der Waals surface area contributed by atoms with Gasteiger partial charge in [-0.1, -0.05) is 55.2 Å². The number of nitrogens with zero attached hydrogens (tertiary/aromatic N) is 8. The standard InChI is InChI=1S/C39H58FN9O6.C10H10FN3.C4H6.C2H5N/c1-38(2,3)54-36(52)43-29(34(50)48-19-16-27-32(48)15-18-41-27)9-7-8-10-30(44-37(53)55-39(4,5)6)35(51)49-20-17-28-33(49)25(21-42-28)22-47-23-31(45-46-47)24-11-13-26(40)14-12-24;1-2-14-7-10(12-13-14)8-3-5-9(11)6-4-8;1-3-4-2;1-2-3/h11-14,23,25,27-30,32-33,41-42H,7-10,15-22H2,1-6H3,(H,43,52)(H,44,53);3-7H,2H2,1H3;3-4H,1-2H2;2H,1,3H2/t25-,27-,28-,29?,30?,32?,33-;;;/m1.../s1. The lowest BCUT2D eigenvalue weighted by molar-refractivity contribution is -0.136. The molecule has 3 unspecified atom stereocenters. The first-order valence-corrected chi connectivity index (χ1v) is 26.1. The van der Waals surface area contributed by atoms with Gasteiger partial charge in [0.1, 0.15) is 46.3 Å². The molecule has 4 aliphatic rings. The molecule has 4 fully saturated rings. The number of benzene rings is 2. The Labute approximate surface area is 446 Å². The van der Waals surface area contributed by atoms with E-state index in [0.717, 1.165) is 49.2 Å². The zero-order valence-electron chi connectivity index (χ0n) is 45.2. The van der Waals surface area contributed by atoms with Crippen molar-refractivity contribution in [2.45, 2.75) is 154 Å². The van der Waals surface area contributed by atoms with E-state index in [4.69, 9.17) is 9.47 Å². The summed E-state index contributed by atoms with van der Waals surface area (Å²) >= 11 is 0. The molecule has 6 heterocycles. The van der Waals surface area contributed by atoms with Gasteiger partial charge in [0.25, 0.3) is 0 Å². The van der Waals surface area contributed by atoms with Gasteiger partial charge in [-0.2, -0.15) is 0 Å². The molecule has 0 saturated carbocycles. The third-order valence-electron chi connectivity index (χ3n) is 13.0. The third kappa shape index (κ3) is 17.8. The predicted octanol–water partition coefficient (Wildman–Crippen LogP) is 7.13. The summed E-state index contributed by atoms with van der Waals surface area (Å²) in [4.78, 5) is 58.1. The van der Waals surface area contributed by atoms with E-state index in [9.17, 15) is 28.0 Å². The number of amides is 4. The van der Waals surface area contributed by atoms with Crippen LogP contribution in [0.5, 0.6) is 0 Å². The fraction of sp³-hybridized carbons (Fsp3) is 0.527. The second-order valence-corrected chi connectivity index (χ2v) is 21.0. The summed E-state index contributed by atoms with van der Waals surface area (Å²) in [5.41, 5.74) is 6.17. The second kappa shape index (κ2) is 28.2. The van der Waals surface area contributed by atoms with E-state index in [-0.39, 0.29) is 53.5 Å². The Balaban J connectivity index is 0.000000422. The fourth-order valence-electron chi connectivity index (χ4n) is 9.71. The van der Waals surface area contributed by atoms with Crippen molar-refractivity contribution in [1.82, 2.24) is 61.1 Å². The van der Waals surface area contributed by atoms with E-state index in [2.05, 4.69) is 67.4 Å². The lowest BCUT2D eigenvalue weighted by Crippen LogP contribution is -2.53. The highest BCUT2D eigenvalue weighted by Gasteiger charge is 2.48. The number of ether oxygens (including phenoxy) is 2. The van der Waals surface area contributed by atoms with E-state index in [1.54, 1.807) is 87.3 Å². The highest BCUT2D eigenvalue weighted by Crippen LogP contribution is 2.32. The number of fused-ring (bicyclic) bond motifs is 2. The van der Waals surface area contributed by atoms with E-state index >= 15 is 0 Å². The van der Waals surface area contributed by atoms with Gasteiger partial charge in [0.05, 0.1) is 18.4 Å². The molecule has 4 amide bonds. The van der Waals surface area contributed by atoms with Gasteiger partial charge in [-0.15, -0.1) is 10.2 Å². The van der Waals surface area contributed by atoms with Crippen LogP contribution in [0.25, 0.3) is 22.5 Å². The number of carbonyl (C=O) groups excluding carboxylic acids is 4. The molecular weight excluding hydrogens is 977 g/mol. The van der Waals surface area contributed by atoms with Crippen LogP contribution in [0.4, 0.5) is 18.4 Å². The van der Waals surface area contributed by atoms with Gasteiger partial charge < -0.3 is 46.3 Å². The number of aryl methyl sites for hydroxylation is 1. The maximum Gasteiger partial charge on any atom is 0.408 e. The van der Waals surface area contributed by atoms with Gasteiger partial charge in [0.2, 0.25) is 11.8 Å². The van der Waals surface area contributed by atoms with Crippen LogP contribution in [0.2, 0.25) is 0 Å². The number of hydrogen-bond donors (Lipinski definition) is 5. The summed E-state index contributed by atoms with van der Waals surface area (Å²) < 4.78 is 40.7. The number of alkyl carbamates (subject to hydrolysis) is 2. The zero-order chi connectivity index (χ0) is 55.6. The lowest BCUT2D eigenvalue weighted by atomic mass is 9.98. The molecule has 7 atom stereocenters.